The summed E-state index contributed by atoms with van der Waals surface area (Å²) >= 11 is 0. The van der Waals surface area contributed by atoms with Crippen molar-refractivity contribution in [2.75, 3.05) is 7.05 Å². The van der Waals surface area contributed by atoms with Gasteiger partial charge in [-0.05, 0) is 38.8 Å². The molecular formula is C19H29NO. The quantitative estimate of drug-likeness (QED) is 0.588. The minimum absolute atomic E-state index is 0.0272. The third kappa shape index (κ3) is 4.16. The minimum Gasteiger partial charge on any atom is -0.294 e. The van der Waals surface area contributed by atoms with Crippen LogP contribution in [0, 0.1) is 0 Å². The van der Waals surface area contributed by atoms with Crippen LogP contribution in [0.3, 0.4) is 0 Å². The Bertz CT molecular complexity index is 443. The summed E-state index contributed by atoms with van der Waals surface area (Å²) in [5.41, 5.74) is 2.14. The molecule has 1 aliphatic carbocycles. The number of nitrogens with zero attached hydrogens (tertiary/aromatic N) is 1. The van der Waals surface area contributed by atoms with Crippen LogP contribution in [0.4, 0.5) is 0 Å². The molecule has 2 rings (SSSR count). The van der Waals surface area contributed by atoms with Crippen LogP contribution in [0.1, 0.15) is 68.3 Å². The summed E-state index contributed by atoms with van der Waals surface area (Å²) in [5, 5.41) is 0. The van der Waals surface area contributed by atoms with Crippen LogP contribution in [0.15, 0.2) is 24.3 Å². The maximum absolute atomic E-state index is 12.7. The average molecular weight is 287 g/mol. The summed E-state index contributed by atoms with van der Waals surface area (Å²) in [6, 6.07) is 8.66. The highest BCUT2D eigenvalue weighted by molar-refractivity contribution is 5.99. The highest BCUT2D eigenvalue weighted by atomic mass is 16.1. The van der Waals surface area contributed by atoms with Crippen molar-refractivity contribution in [3.63, 3.8) is 0 Å². The number of carbonyl (C=O) groups excluding carboxylic acids is 1. The van der Waals surface area contributed by atoms with Crippen LogP contribution in [0.5, 0.6) is 0 Å². The van der Waals surface area contributed by atoms with Crippen molar-refractivity contribution in [1.82, 2.24) is 4.90 Å². The first kappa shape index (κ1) is 16.2. The summed E-state index contributed by atoms with van der Waals surface area (Å²) in [6.45, 7) is 4.19. The minimum atomic E-state index is -0.0272. The van der Waals surface area contributed by atoms with Crippen molar-refractivity contribution < 1.29 is 4.79 Å². The third-order valence-corrected chi connectivity index (χ3v) is 5.04. The van der Waals surface area contributed by atoms with E-state index in [1.807, 2.05) is 12.1 Å². The van der Waals surface area contributed by atoms with Crippen LogP contribution in [-0.2, 0) is 6.42 Å². The lowest BCUT2D eigenvalue weighted by Crippen LogP contribution is -2.42. The van der Waals surface area contributed by atoms with Crippen molar-refractivity contribution in [1.29, 1.82) is 0 Å². The molecule has 1 fully saturated rings. The predicted octanol–water partition coefficient (Wildman–Crippen LogP) is 4.47. The molecule has 1 aromatic carbocycles. The third-order valence-electron chi connectivity index (χ3n) is 5.04. The van der Waals surface area contributed by atoms with Gasteiger partial charge in [0.25, 0.3) is 0 Å². The normalized spacial score (nSPS) is 18.5. The number of Topliss-reactive ketones (excluding diaryl/α,β-unsaturated/α-hetero) is 1. The molecule has 0 heterocycles. The Kier molecular flexibility index (Phi) is 5.98. The van der Waals surface area contributed by atoms with Crippen LogP contribution in [-0.4, -0.2) is 29.8 Å². The monoisotopic (exact) mass is 287 g/mol. The SMILES string of the molecule is CCc1ccc(C(=O)C(C)N(C)C2CCCCCC2)cc1. The second-order valence-corrected chi connectivity index (χ2v) is 6.40. The molecule has 2 nitrogen and oxygen atoms in total. The Balaban J connectivity index is 2.02. The largest absolute Gasteiger partial charge is 0.294 e. The van der Waals surface area contributed by atoms with Gasteiger partial charge in [-0.3, -0.25) is 9.69 Å². The topological polar surface area (TPSA) is 20.3 Å². The summed E-state index contributed by atoms with van der Waals surface area (Å²) in [6.07, 6.45) is 8.82. The summed E-state index contributed by atoms with van der Waals surface area (Å²) in [7, 11) is 2.12. The van der Waals surface area contributed by atoms with Crippen molar-refractivity contribution >= 4 is 5.78 Å². The van der Waals surface area contributed by atoms with Crippen molar-refractivity contribution in [3.8, 4) is 0 Å². The van der Waals surface area contributed by atoms with Gasteiger partial charge in [-0.2, -0.15) is 0 Å². The van der Waals surface area contributed by atoms with E-state index >= 15 is 0 Å². The fraction of sp³-hybridized carbons (Fsp3) is 0.632. The molecule has 21 heavy (non-hydrogen) atoms. The second kappa shape index (κ2) is 7.74. The standard InChI is InChI=1S/C19H29NO/c1-4-16-11-13-17(14-12-16)19(21)15(2)20(3)18-9-7-5-6-8-10-18/h11-15,18H,4-10H2,1-3H3. The van der Waals surface area contributed by atoms with Crippen LogP contribution in [0.25, 0.3) is 0 Å². The first-order chi connectivity index (χ1) is 10.1. The molecule has 1 aromatic rings. The van der Waals surface area contributed by atoms with E-state index in [0.29, 0.717) is 6.04 Å². The van der Waals surface area contributed by atoms with Gasteiger partial charge in [0.05, 0.1) is 6.04 Å². The van der Waals surface area contributed by atoms with Gasteiger partial charge in [0.1, 0.15) is 0 Å². The molecule has 0 spiro atoms. The van der Waals surface area contributed by atoms with Gasteiger partial charge in [0.2, 0.25) is 0 Å². The second-order valence-electron chi connectivity index (χ2n) is 6.40. The van der Waals surface area contributed by atoms with E-state index in [0.717, 1.165) is 12.0 Å². The predicted molar refractivity (Wildman–Crippen MR) is 88.9 cm³/mol. The zero-order valence-electron chi connectivity index (χ0n) is 13.8. The fourth-order valence-corrected chi connectivity index (χ4v) is 3.31. The molecule has 1 aliphatic rings. The summed E-state index contributed by atoms with van der Waals surface area (Å²) < 4.78 is 0. The number of benzene rings is 1. The lowest BCUT2D eigenvalue weighted by molar-refractivity contribution is 0.0802. The van der Waals surface area contributed by atoms with E-state index in [-0.39, 0.29) is 11.8 Å². The number of likely N-dealkylation sites (N-methyl/N-ethyl adjacent to an activating group) is 1. The number of hydrogen-bond donors (Lipinski definition) is 0. The van der Waals surface area contributed by atoms with Gasteiger partial charge in [-0.25, -0.2) is 0 Å². The number of rotatable bonds is 5. The Labute approximate surface area is 129 Å². The van der Waals surface area contributed by atoms with Crippen LogP contribution >= 0.6 is 0 Å². The first-order valence-electron chi connectivity index (χ1n) is 8.48. The van der Waals surface area contributed by atoms with Crippen molar-refractivity contribution in [2.45, 2.75) is 70.9 Å². The van der Waals surface area contributed by atoms with Crippen molar-refractivity contribution in [2.24, 2.45) is 0 Å². The molecule has 1 unspecified atom stereocenters. The molecule has 0 saturated heterocycles. The number of ketones is 1. The Hall–Kier alpha value is -1.15. The number of hydrogen-bond acceptors (Lipinski definition) is 2. The van der Waals surface area contributed by atoms with Gasteiger partial charge in [0, 0.05) is 11.6 Å². The zero-order valence-corrected chi connectivity index (χ0v) is 13.8. The van der Waals surface area contributed by atoms with Gasteiger partial charge in [-0.15, -0.1) is 0 Å². The van der Waals surface area contributed by atoms with Gasteiger partial charge >= 0.3 is 0 Å². The molecule has 0 bridgehead atoms. The molecule has 2 heteroatoms. The van der Waals surface area contributed by atoms with Gasteiger partial charge in [0.15, 0.2) is 5.78 Å². The summed E-state index contributed by atoms with van der Waals surface area (Å²) in [5.74, 6) is 0.254. The van der Waals surface area contributed by atoms with E-state index in [4.69, 9.17) is 0 Å². The Morgan fingerprint density at radius 1 is 1.14 bits per heavy atom. The fourth-order valence-electron chi connectivity index (χ4n) is 3.31. The Morgan fingerprint density at radius 2 is 1.71 bits per heavy atom. The van der Waals surface area contributed by atoms with Crippen LogP contribution in [0.2, 0.25) is 0 Å². The lowest BCUT2D eigenvalue weighted by Gasteiger charge is -2.31. The van der Waals surface area contributed by atoms with E-state index in [1.54, 1.807) is 0 Å². The van der Waals surface area contributed by atoms with E-state index < -0.39 is 0 Å². The number of aryl methyl sites for hydroxylation is 1. The molecule has 1 saturated carbocycles. The zero-order chi connectivity index (χ0) is 15.2. The summed E-state index contributed by atoms with van der Waals surface area (Å²) in [4.78, 5) is 15.0. The van der Waals surface area contributed by atoms with E-state index in [2.05, 4.69) is 37.9 Å². The highest BCUT2D eigenvalue weighted by Gasteiger charge is 2.26. The molecule has 0 aliphatic heterocycles. The lowest BCUT2D eigenvalue weighted by atomic mass is 9.99. The molecule has 0 amide bonds. The van der Waals surface area contributed by atoms with Gasteiger partial charge in [-0.1, -0.05) is 56.9 Å². The molecule has 1 atom stereocenters. The molecule has 0 radical (unpaired) electrons. The van der Waals surface area contributed by atoms with Crippen molar-refractivity contribution in [3.05, 3.63) is 35.4 Å². The average Bonchev–Trinajstić information content (AvgIpc) is 2.82. The molecule has 116 valence electrons. The Morgan fingerprint density at radius 3 is 2.24 bits per heavy atom. The van der Waals surface area contributed by atoms with E-state index in [9.17, 15) is 4.79 Å². The molecular weight excluding hydrogens is 258 g/mol. The maximum Gasteiger partial charge on any atom is 0.179 e. The van der Waals surface area contributed by atoms with Gasteiger partial charge < -0.3 is 0 Å². The first-order valence-corrected chi connectivity index (χ1v) is 8.48. The number of carbonyl (C=O) groups is 1. The maximum atomic E-state index is 12.7. The highest BCUT2D eigenvalue weighted by Crippen LogP contribution is 2.23. The van der Waals surface area contributed by atoms with Crippen LogP contribution < -0.4 is 0 Å². The smallest absolute Gasteiger partial charge is 0.179 e. The van der Waals surface area contributed by atoms with E-state index in [1.165, 1.54) is 44.1 Å². The molecule has 0 aromatic heterocycles. The molecule has 0 N–H and O–H groups in total.